The van der Waals surface area contributed by atoms with Crippen molar-refractivity contribution in [3.8, 4) is 22.6 Å². The van der Waals surface area contributed by atoms with Crippen LogP contribution in [0, 0.1) is 10.2 Å². The van der Waals surface area contributed by atoms with E-state index < -0.39 is 0 Å². The molecule has 0 bridgehead atoms. The zero-order chi connectivity index (χ0) is 23.4. The van der Waals surface area contributed by atoms with Crippen LogP contribution in [0.1, 0.15) is 17.5 Å². The molecule has 3 N–H and O–H groups in total. The summed E-state index contributed by atoms with van der Waals surface area (Å²) in [5.74, 6) is -0.190. The molecule has 0 atom stereocenters. The summed E-state index contributed by atoms with van der Waals surface area (Å²) in [6.45, 7) is 0. The first-order chi connectivity index (χ1) is 16.0. The van der Waals surface area contributed by atoms with Gasteiger partial charge in [0.15, 0.2) is 4.77 Å². The van der Waals surface area contributed by atoms with E-state index in [9.17, 15) is 4.79 Å². The normalized spacial score (nSPS) is 10.4. The number of benzene rings is 3. The Morgan fingerprint density at radius 3 is 2.21 bits per heavy atom. The molecule has 0 fully saturated rings. The van der Waals surface area contributed by atoms with Crippen molar-refractivity contribution in [2.24, 2.45) is 5.73 Å². The Morgan fingerprint density at radius 2 is 1.62 bits per heavy atom. The molecule has 0 aliphatic rings. The van der Waals surface area contributed by atoms with Gasteiger partial charge in [0, 0.05) is 35.1 Å². The van der Waals surface area contributed by atoms with Gasteiger partial charge in [-0.15, -0.1) is 12.4 Å². The number of methoxy groups -OCH3 is 1. The molecule has 0 saturated carbocycles. The lowest BCUT2D eigenvalue weighted by atomic mass is 10.1. The van der Waals surface area contributed by atoms with Crippen LogP contribution in [0.5, 0.6) is 0 Å². The maximum atomic E-state index is 11.4. The van der Waals surface area contributed by atoms with Gasteiger partial charge in [0.1, 0.15) is 5.84 Å². The van der Waals surface area contributed by atoms with Gasteiger partial charge in [-0.3, -0.25) is 19.3 Å². The molecule has 0 amide bonds. The topological polar surface area (TPSA) is 86.0 Å². The van der Waals surface area contributed by atoms with Gasteiger partial charge in [-0.25, -0.2) is 0 Å². The molecule has 0 saturated heterocycles. The molecule has 3 aromatic carbocycles. The number of nitrogens with one attached hydrogen (secondary N) is 1. The van der Waals surface area contributed by atoms with Gasteiger partial charge in [-0.2, -0.15) is 0 Å². The number of aromatic nitrogens is 2. The maximum absolute atomic E-state index is 11.4. The minimum Gasteiger partial charge on any atom is -0.469 e. The lowest BCUT2D eigenvalue weighted by molar-refractivity contribution is -0.140. The van der Waals surface area contributed by atoms with Crippen molar-refractivity contribution in [1.82, 2.24) is 9.13 Å². The van der Waals surface area contributed by atoms with Gasteiger partial charge in [0.2, 0.25) is 0 Å². The van der Waals surface area contributed by atoms with E-state index in [-0.39, 0.29) is 24.2 Å². The van der Waals surface area contributed by atoms with Crippen LogP contribution in [0.2, 0.25) is 0 Å². The van der Waals surface area contributed by atoms with Crippen molar-refractivity contribution in [2.75, 3.05) is 7.11 Å². The monoisotopic (exact) mass is 492 g/mol. The van der Waals surface area contributed by atoms with Crippen LogP contribution in [0.3, 0.4) is 0 Å². The maximum Gasteiger partial charge on any atom is 0.305 e. The highest BCUT2D eigenvalue weighted by Gasteiger charge is 2.14. The second kappa shape index (κ2) is 11.0. The van der Waals surface area contributed by atoms with Crippen LogP contribution < -0.4 is 5.73 Å². The lowest BCUT2D eigenvalue weighted by Gasteiger charge is -2.09. The SMILES string of the molecule is COC(=O)CCc1ccc(-c2cn(-c3ccc(C(=N)N)cc3)c(=S)n2-c2ccccc2)cc1.Cl. The van der Waals surface area contributed by atoms with E-state index in [1.807, 2.05) is 94.2 Å². The largest absolute Gasteiger partial charge is 0.469 e. The van der Waals surface area contributed by atoms with Gasteiger partial charge in [0.05, 0.1) is 12.8 Å². The zero-order valence-corrected chi connectivity index (χ0v) is 20.2. The van der Waals surface area contributed by atoms with E-state index in [2.05, 4.69) is 0 Å². The Balaban J connectivity index is 0.00000324. The van der Waals surface area contributed by atoms with E-state index in [0.29, 0.717) is 23.2 Å². The number of rotatable bonds is 7. The highest BCUT2D eigenvalue weighted by Crippen LogP contribution is 2.28. The third-order valence-electron chi connectivity index (χ3n) is 5.46. The molecule has 1 aromatic heterocycles. The van der Waals surface area contributed by atoms with Gasteiger partial charge >= 0.3 is 5.97 Å². The predicted octanol–water partition coefficient (Wildman–Crippen LogP) is 5.48. The summed E-state index contributed by atoms with van der Waals surface area (Å²) >= 11 is 5.88. The molecule has 0 spiro atoms. The number of imidazole rings is 1. The lowest BCUT2D eigenvalue weighted by Crippen LogP contribution is -2.10. The van der Waals surface area contributed by atoms with Crippen molar-refractivity contribution in [3.05, 3.63) is 101 Å². The zero-order valence-electron chi connectivity index (χ0n) is 18.6. The second-order valence-corrected chi connectivity index (χ2v) is 7.94. The van der Waals surface area contributed by atoms with E-state index in [1.54, 1.807) is 0 Å². The van der Waals surface area contributed by atoms with Crippen LogP contribution in [-0.4, -0.2) is 28.0 Å². The number of halogens is 1. The quantitative estimate of drug-likeness (QED) is 0.155. The Kier molecular flexibility index (Phi) is 8.04. The Bertz CT molecular complexity index is 1340. The molecule has 4 rings (SSSR count). The number of nitrogens with zero attached hydrogens (tertiary/aromatic N) is 2. The van der Waals surface area contributed by atoms with Crippen LogP contribution in [0.4, 0.5) is 0 Å². The van der Waals surface area contributed by atoms with Crippen LogP contribution >= 0.6 is 24.6 Å². The third kappa shape index (κ3) is 5.27. The standard InChI is InChI=1S/C26H24N4O2S.ClH/c1-32-24(31)16-9-18-7-10-19(11-8-18)23-17-29(21-14-12-20(13-15-21)25(27)28)26(33)30(23)22-5-3-2-4-6-22;/h2-8,10-15,17H,9,16H2,1H3,(H3,27,28);1H. The molecular formula is C26H25ClN4O2S. The summed E-state index contributed by atoms with van der Waals surface area (Å²) < 4.78 is 9.35. The third-order valence-corrected chi connectivity index (χ3v) is 5.83. The minimum absolute atomic E-state index is 0. The molecule has 8 heteroatoms. The number of hydrogen-bond donors (Lipinski definition) is 2. The number of carbonyl (C=O) groups is 1. The molecule has 0 aliphatic heterocycles. The van der Waals surface area contributed by atoms with Crippen LogP contribution in [0.15, 0.2) is 85.1 Å². The summed E-state index contributed by atoms with van der Waals surface area (Å²) in [6.07, 6.45) is 2.99. The Hall–Kier alpha value is -3.68. The molecule has 174 valence electrons. The number of ether oxygens (including phenoxy) is 1. The van der Waals surface area contributed by atoms with Crippen molar-refractivity contribution in [3.63, 3.8) is 0 Å². The molecule has 1 heterocycles. The van der Waals surface area contributed by atoms with Crippen molar-refractivity contribution < 1.29 is 9.53 Å². The Morgan fingerprint density at radius 1 is 0.971 bits per heavy atom. The molecule has 0 aliphatic carbocycles. The molecule has 6 nitrogen and oxygen atoms in total. The number of nitrogen functional groups attached to an aromatic ring is 1. The predicted molar refractivity (Wildman–Crippen MR) is 140 cm³/mol. The van der Waals surface area contributed by atoms with Gasteiger partial charge < -0.3 is 10.5 Å². The number of hydrogen-bond acceptors (Lipinski definition) is 4. The van der Waals surface area contributed by atoms with Crippen LogP contribution in [0.25, 0.3) is 22.6 Å². The van der Waals surface area contributed by atoms with Gasteiger partial charge in [-0.05, 0) is 60.6 Å². The number of carbonyl (C=O) groups excluding carboxylic acids is 1. The number of esters is 1. The van der Waals surface area contributed by atoms with Crippen molar-refractivity contribution >= 4 is 36.4 Å². The molecular weight excluding hydrogens is 468 g/mol. The molecule has 4 aromatic rings. The fraction of sp³-hybridized carbons (Fsp3) is 0.115. The first kappa shape index (κ1) is 25.0. The van der Waals surface area contributed by atoms with E-state index >= 15 is 0 Å². The number of aryl methyl sites for hydroxylation is 1. The fourth-order valence-electron chi connectivity index (χ4n) is 3.65. The highest BCUT2D eigenvalue weighted by molar-refractivity contribution is 7.71. The average molecular weight is 493 g/mol. The van der Waals surface area contributed by atoms with Gasteiger partial charge in [0.25, 0.3) is 0 Å². The number of nitrogens with two attached hydrogens (primary N) is 1. The summed E-state index contributed by atoms with van der Waals surface area (Å²) in [5, 5.41) is 7.62. The number of para-hydroxylation sites is 1. The second-order valence-electron chi connectivity index (χ2n) is 7.57. The first-order valence-electron chi connectivity index (χ1n) is 10.5. The molecule has 0 radical (unpaired) electrons. The minimum atomic E-state index is -0.218. The fourth-order valence-corrected chi connectivity index (χ4v) is 4.02. The Labute approximate surface area is 209 Å². The van der Waals surface area contributed by atoms with Crippen molar-refractivity contribution in [2.45, 2.75) is 12.8 Å². The molecule has 34 heavy (non-hydrogen) atoms. The highest BCUT2D eigenvalue weighted by atomic mass is 35.5. The summed E-state index contributed by atoms with van der Waals surface area (Å²) in [4.78, 5) is 11.4. The van der Waals surface area contributed by atoms with Gasteiger partial charge in [-0.1, -0.05) is 42.5 Å². The van der Waals surface area contributed by atoms with Crippen LogP contribution in [-0.2, 0) is 16.0 Å². The van der Waals surface area contributed by atoms with E-state index in [0.717, 1.165) is 28.2 Å². The van der Waals surface area contributed by atoms with E-state index in [4.69, 9.17) is 28.1 Å². The summed E-state index contributed by atoms with van der Waals surface area (Å²) in [6, 6.07) is 25.5. The van der Waals surface area contributed by atoms with Crippen molar-refractivity contribution in [1.29, 1.82) is 5.41 Å². The summed E-state index contributed by atoms with van der Waals surface area (Å²) in [5.41, 5.74) is 11.1. The first-order valence-corrected chi connectivity index (χ1v) is 10.9. The smallest absolute Gasteiger partial charge is 0.305 e. The van der Waals surface area contributed by atoms with E-state index in [1.165, 1.54) is 7.11 Å². The number of amidine groups is 1. The average Bonchev–Trinajstić information content (AvgIpc) is 3.20. The summed E-state index contributed by atoms with van der Waals surface area (Å²) in [7, 11) is 1.40. The molecule has 0 unspecified atom stereocenters.